The topological polar surface area (TPSA) is 16.8 Å². The summed E-state index contributed by atoms with van der Waals surface area (Å²) in [5.74, 6) is 0.521. The van der Waals surface area contributed by atoms with E-state index in [0.717, 1.165) is 5.69 Å². The first kappa shape index (κ1) is 7.19. The van der Waals surface area contributed by atoms with Crippen LogP contribution in [0.3, 0.4) is 0 Å². The summed E-state index contributed by atoms with van der Waals surface area (Å²) >= 11 is 0. The molecule has 0 radical (unpaired) electrons. The molecule has 54 valence electrons. The van der Waals surface area contributed by atoms with E-state index in [2.05, 4.69) is 18.8 Å². The van der Waals surface area contributed by atoms with Crippen LogP contribution in [0.5, 0.6) is 0 Å². The fraction of sp³-hybridized carbons (Fsp3) is 0.500. The minimum absolute atomic E-state index is 0.521. The van der Waals surface area contributed by atoms with Crippen molar-refractivity contribution in [2.75, 3.05) is 0 Å². The molecule has 0 saturated carbocycles. The first-order valence-corrected chi connectivity index (χ1v) is 3.51. The van der Waals surface area contributed by atoms with Gasteiger partial charge in [0.05, 0.1) is 6.20 Å². The zero-order valence-electron chi connectivity index (χ0n) is 6.70. The molecule has 0 saturated heterocycles. The van der Waals surface area contributed by atoms with E-state index in [4.69, 9.17) is 0 Å². The number of nitrogens with zero attached hydrogens (tertiary/aromatic N) is 2. The van der Waals surface area contributed by atoms with Crippen molar-refractivity contribution >= 4 is 0 Å². The van der Waals surface area contributed by atoms with E-state index in [0.29, 0.717) is 5.92 Å². The monoisotopic (exact) mass is 137 g/mol. The van der Waals surface area contributed by atoms with Crippen molar-refractivity contribution in [1.82, 2.24) is 4.98 Å². The van der Waals surface area contributed by atoms with Gasteiger partial charge in [-0.1, -0.05) is 13.8 Å². The molecular formula is C8H13N2+. The van der Waals surface area contributed by atoms with Gasteiger partial charge >= 0.3 is 0 Å². The first-order chi connectivity index (χ1) is 4.70. The van der Waals surface area contributed by atoms with Crippen LogP contribution in [0.4, 0.5) is 0 Å². The van der Waals surface area contributed by atoms with Crippen molar-refractivity contribution in [3.8, 4) is 0 Å². The van der Waals surface area contributed by atoms with E-state index >= 15 is 0 Å². The maximum Gasteiger partial charge on any atom is 0.190 e. The molecule has 2 nitrogen and oxygen atoms in total. The van der Waals surface area contributed by atoms with Crippen LogP contribution < -0.4 is 4.57 Å². The smallest absolute Gasteiger partial charge is 0.190 e. The summed E-state index contributed by atoms with van der Waals surface area (Å²) in [6.45, 7) is 4.28. The molecule has 0 N–H and O–H groups in total. The Kier molecular flexibility index (Phi) is 2.00. The quantitative estimate of drug-likeness (QED) is 0.528. The lowest BCUT2D eigenvalue weighted by Crippen LogP contribution is -2.27. The van der Waals surface area contributed by atoms with Gasteiger partial charge in [0, 0.05) is 5.92 Å². The summed E-state index contributed by atoms with van der Waals surface area (Å²) in [5, 5.41) is 0. The second-order valence-corrected chi connectivity index (χ2v) is 2.80. The Morgan fingerprint density at radius 2 is 2.20 bits per heavy atom. The third-order valence-electron chi connectivity index (χ3n) is 1.45. The van der Waals surface area contributed by atoms with Gasteiger partial charge in [0.2, 0.25) is 0 Å². The van der Waals surface area contributed by atoms with Crippen molar-refractivity contribution in [1.29, 1.82) is 0 Å². The molecule has 0 atom stereocenters. The SMILES string of the molecule is CC(C)c1c[n+](C)ccn1. The lowest BCUT2D eigenvalue weighted by molar-refractivity contribution is -0.672. The van der Waals surface area contributed by atoms with Crippen LogP contribution >= 0.6 is 0 Å². The summed E-state index contributed by atoms with van der Waals surface area (Å²) in [5.41, 5.74) is 1.14. The highest BCUT2D eigenvalue weighted by Gasteiger charge is 2.02. The molecule has 0 spiro atoms. The number of aromatic nitrogens is 2. The summed E-state index contributed by atoms with van der Waals surface area (Å²) < 4.78 is 2.02. The molecule has 0 bridgehead atoms. The van der Waals surface area contributed by atoms with Crippen LogP contribution in [-0.2, 0) is 7.05 Å². The average Bonchev–Trinajstić information content (AvgIpc) is 1.88. The zero-order valence-corrected chi connectivity index (χ0v) is 6.70. The Balaban J connectivity index is 2.96. The van der Waals surface area contributed by atoms with Crippen molar-refractivity contribution in [3.63, 3.8) is 0 Å². The Hall–Kier alpha value is -0.920. The zero-order chi connectivity index (χ0) is 7.56. The van der Waals surface area contributed by atoms with E-state index in [9.17, 15) is 0 Å². The molecular weight excluding hydrogens is 124 g/mol. The van der Waals surface area contributed by atoms with Crippen LogP contribution in [0.2, 0.25) is 0 Å². The highest BCUT2D eigenvalue weighted by molar-refractivity contribution is 4.96. The highest BCUT2D eigenvalue weighted by Crippen LogP contribution is 2.06. The van der Waals surface area contributed by atoms with Gasteiger partial charge in [0.1, 0.15) is 12.7 Å². The molecule has 1 heterocycles. The highest BCUT2D eigenvalue weighted by atomic mass is 14.9. The standard InChI is InChI=1S/C8H13N2/c1-7(2)8-6-10(3)5-4-9-8/h4-7H,1-3H3/q+1. The van der Waals surface area contributed by atoms with E-state index < -0.39 is 0 Å². The van der Waals surface area contributed by atoms with Gasteiger partial charge in [0.15, 0.2) is 12.4 Å². The molecule has 1 aromatic rings. The third-order valence-corrected chi connectivity index (χ3v) is 1.45. The molecule has 0 unspecified atom stereocenters. The van der Waals surface area contributed by atoms with E-state index in [1.807, 2.05) is 30.2 Å². The average molecular weight is 137 g/mol. The van der Waals surface area contributed by atoms with E-state index in [1.165, 1.54) is 0 Å². The molecule has 0 aliphatic rings. The minimum atomic E-state index is 0.521. The minimum Gasteiger partial charge on any atom is -0.249 e. The predicted octanol–water partition coefficient (Wildman–Crippen LogP) is 1.03. The molecule has 0 amide bonds. The normalized spacial score (nSPS) is 10.4. The molecule has 0 aromatic carbocycles. The van der Waals surface area contributed by atoms with Crippen LogP contribution in [-0.4, -0.2) is 4.98 Å². The van der Waals surface area contributed by atoms with Crippen molar-refractivity contribution in [3.05, 3.63) is 24.3 Å². The van der Waals surface area contributed by atoms with Crippen LogP contribution in [0.25, 0.3) is 0 Å². The van der Waals surface area contributed by atoms with Gasteiger partial charge in [0.25, 0.3) is 0 Å². The second-order valence-electron chi connectivity index (χ2n) is 2.80. The molecule has 2 heteroatoms. The predicted molar refractivity (Wildman–Crippen MR) is 39.5 cm³/mol. The summed E-state index contributed by atoms with van der Waals surface area (Å²) in [6, 6.07) is 0. The maximum atomic E-state index is 4.22. The fourth-order valence-electron chi connectivity index (χ4n) is 0.808. The van der Waals surface area contributed by atoms with Gasteiger partial charge in [-0.25, -0.2) is 9.55 Å². The molecule has 0 fully saturated rings. The number of hydrogen-bond donors (Lipinski definition) is 0. The summed E-state index contributed by atoms with van der Waals surface area (Å²) in [6.07, 6.45) is 5.81. The lowest BCUT2D eigenvalue weighted by atomic mass is 10.1. The van der Waals surface area contributed by atoms with Crippen molar-refractivity contribution in [2.24, 2.45) is 7.05 Å². The third kappa shape index (κ3) is 1.53. The fourth-order valence-corrected chi connectivity index (χ4v) is 0.808. The number of aryl methyl sites for hydroxylation is 1. The Bertz CT molecular complexity index is 218. The maximum absolute atomic E-state index is 4.22. The van der Waals surface area contributed by atoms with Crippen molar-refractivity contribution in [2.45, 2.75) is 19.8 Å². The lowest BCUT2D eigenvalue weighted by Gasteiger charge is -1.98. The van der Waals surface area contributed by atoms with Gasteiger partial charge in [-0.15, -0.1) is 0 Å². The molecule has 1 aromatic heterocycles. The molecule has 10 heavy (non-hydrogen) atoms. The van der Waals surface area contributed by atoms with Gasteiger partial charge in [-0.05, 0) is 0 Å². The van der Waals surface area contributed by atoms with E-state index in [1.54, 1.807) is 0 Å². The van der Waals surface area contributed by atoms with Gasteiger partial charge < -0.3 is 0 Å². The Morgan fingerprint density at radius 1 is 1.50 bits per heavy atom. The van der Waals surface area contributed by atoms with Crippen LogP contribution in [0.1, 0.15) is 25.5 Å². The summed E-state index contributed by atoms with van der Waals surface area (Å²) in [7, 11) is 2.01. The second kappa shape index (κ2) is 2.78. The number of rotatable bonds is 1. The summed E-state index contributed by atoms with van der Waals surface area (Å²) in [4.78, 5) is 4.22. The molecule has 1 rings (SSSR count). The van der Waals surface area contributed by atoms with E-state index in [-0.39, 0.29) is 0 Å². The van der Waals surface area contributed by atoms with Gasteiger partial charge in [-0.2, -0.15) is 0 Å². The van der Waals surface area contributed by atoms with Crippen LogP contribution in [0, 0.1) is 0 Å². The molecule has 0 aliphatic heterocycles. The van der Waals surface area contributed by atoms with Crippen molar-refractivity contribution < 1.29 is 4.57 Å². The molecule has 0 aliphatic carbocycles. The Labute approximate surface area is 61.5 Å². The first-order valence-electron chi connectivity index (χ1n) is 3.51. The van der Waals surface area contributed by atoms with Crippen LogP contribution in [0.15, 0.2) is 18.6 Å². The van der Waals surface area contributed by atoms with Gasteiger partial charge in [-0.3, -0.25) is 0 Å². The largest absolute Gasteiger partial charge is 0.249 e. The Morgan fingerprint density at radius 3 is 2.60 bits per heavy atom. The number of hydrogen-bond acceptors (Lipinski definition) is 1.